The van der Waals surface area contributed by atoms with E-state index in [-0.39, 0.29) is 23.1 Å². The van der Waals surface area contributed by atoms with Crippen LogP contribution < -0.4 is 16.8 Å². The van der Waals surface area contributed by atoms with Crippen molar-refractivity contribution in [2.75, 3.05) is 18.4 Å². The molecule has 1 aromatic heterocycles. The van der Waals surface area contributed by atoms with Crippen molar-refractivity contribution in [3.05, 3.63) is 46.3 Å². The van der Waals surface area contributed by atoms with E-state index >= 15 is 0 Å². The van der Waals surface area contributed by atoms with Gasteiger partial charge in [-0.3, -0.25) is 14.4 Å². The third-order valence-corrected chi connectivity index (χ3v) is 7.33. The molecule has 0 unspecified atom stereocenters. The van der Waals surface area contributed by atoms with Crippen molar-refractivity contribution in [1.82, 2.24) is 9.47 Å². The Bertz CT molecular complexity index is 1190. The molecule has 1 aromatic carbocycles. The van der Waals surface area contributed by atoms with Crippen LogP contribution in [-0.4, -0.2) is 52.2 Å². The Labute approximate surface area is 207 Å². The van der Waals surface area contributed by atoms with Gasteiger partial charge in [-0.2, -0.15) is 0 Å². The van der Waals surface area contributed by atoms with Gasteiger partial charge in [0.15, 0.2) is 5.78 Å². The van der Waals surface area contributed by atoms with Crippen LogP contribution in [0.3, 0.4) is 0 Å². The van der Waals surface area contributed by atoms with E-state index in [9.17, 15) is 14.4 Å². The number of carbonyl (C=O) groups excluding carboxylic acids is 3. The van der Waals surface area contributed by atoms with Gasteiger partial charge in [-0.1, -0.05) is 13.8 Å². The van der Waals surface area contributed by atoms with Gasteiger partial charge in [0.25, 0.3) is 5.91 Å². The number of rotatable bonds is 2. The maximum Gasteiger partial charge on any atom is 0.250 e. The van der Waals surface area contributed by atoms with E-state index in [4.69, 9.17) is 11.5 Å². The van der Waals surface area contributed by atoms with Crippen molar-refractivity contribution in [1.29, 1.82) is 0 Å². The van der Waals surface area contributed by atoms with E-state index in [2.05, 4.69) is 23.7 Å². The van der Waals surface area contributed by atoms with Crippen LogP contribution in [0.15, 0.2) is 18.2 Å². The number of Topliss-reactive ketones (excluding diaryl/α,β-unsaturated/α-hetero) is 1. The van der Waals surface area contributed by atoms with E-state index < -0.39 is 11.9 Å². The summed E-state index contributed by atoms with van der Waals surface area (Å²) in [5.74, 6) is -0.458. The standard InChI is InChI=1S/C27H37N5O3/c1-15-14-30-20-11-18(8-9-19(20)25(29)34)32-21(7-6-10-31(15)26(35)17(3)28)16(2)24-22(32)12-27(4,5)13-23(24)33/h8-9,11,15,17,30H,6-7,10,12-14,28H2,1-5H3,(H2,29,34)/t15-,17-/m1/s1. The zero-order valence-electron chi connectivity index (χ0n) is 21.4. The average Bonchev–Trinajstić information content (AvgIpc) is 3.03. The Balaban J connectivity index is 1.91. The summed E-state index contributed by atoms with van der Waals surface area (Å²) in [5, 5.41) is 3.35. The molecule has 1 aliphatic heterocycles. The van der Waals surface area contributed by atoms with Crippen LogP contribution in [0.2, 0.25) is 0 Å². The van der Waals surface area contributed by atoms with Crippen LogP contribution in [0.25, 0.3) is 5.69 Å². The topological polar surface area (TPSA) is 123 Å². The van der Waals surface area contributed by atoms with Crippen LogP contribution in [0.1, 0.15) is 78.2 Å². The molecule has 0 radical (unpaired) electrons. The zero-order chi connectivity index (χ0) is 25.7. The lowest BCUT2D eigenvalue weighted by atomic mass is 9.75. The maximum absolute atomic E-state index is 13.2. The van der Waals surface area contributed by atoms with Gasteiger partial charge in [-0.25, -0.2) is 0 Å². The van der Waals surface area contributed by atoms with Gasteiger partial charge in [0, 0.05) is 53.9 Å². The number of hydrogen-bond donors (Lipinski definition) is 3. The Morgan fingerprint density at radius 2 is 1.91 bits per heavy atom. The SMILES string of the molecule is Cc1c2c(n3c1CCCN(C(=O)[C@@H](C)N)[C@H](C)CNc1cc-3ccc1C(N)=O)CC(C)(C)CC2=O. The van der Waals surface area contributed by atoms with Gasteiger partial charge in [-0.05, 0) is 69.2 Å². The molecule has 0 spiro atoms. The monoisotopic (exact) mass is 479 g/mol. The molecule has 0 fully saturated rings. The molecule has 0 saturated carbocycles. The van der Waals surface area contributed by atoms with E-state index in [1.807, 2.05) is 30.9 Å². The Morgan fingerprint density at radius 1 is 1.20 bits per heavy atom. The molecule has 8 heteroatoms. The number of nitrogens with two attached hydrogens (primary N) is 2. The van der Waals surface area contributed by atoms with Crippen LogP contribution in [0, 0.1) is 12.3 Å². The van der Waals surface area contributed by atoms with Gasteiger partial charge in [0.05, 0.1) is 11.6 Å². The van der Waals surface area contributed by atoms with Crippen molar-refractivity contribution < 1.29 is 14.4 Å². The van der Waals surface area contributed by atoms with E-state index in [0.717, 1.165) is 41.0 Å². The summed E-state index contributed by atoms with van der Waals surface area (Å²) in [4.78, 5) is 40.1. The number of ketones is 1. The molecule has 0 saturated heterocycles. The van der Waals surface area contributed by atoms with Crippen LogP contribution in [0.5, 0.6) is 0 Å². The predicted octanol–water partition coefficient (Wildman–Crippen LogP) is 2.96. The molecular weight excluding hydrogens is 442 g/mol. The quantitative estimate of drug-likeness (QED) is 0.611. The highest BCUT2D eigenvalue weighted by Crippen LogP contribution is 2.40. The predicted molar refractivity (Wildman–Crippen MR) is 137 cm³/mol. The molecule has 1 aliphatic carbocycles. The highest BCUT2D eigenvalue weighted by Gasteiger charge is 2.37. The summed E-state index contributed by atoms with van der Waals surface area (Å²) in [6.45, 7) is 10.9. The molecular formula is C27H37N5O3. The summed E-state index contributed by atoms with van der Waals surface area (Å²) in [6.07, 6.45) is 2.76. The maximum atomic E-state index is 13.2. The third-order valence-electron chi connectivity index (χ3n) is 7.33. The summed E-state index contributed by atoms with van der Waals surface area (Å²) in [7, 11) is 0. The molecule has 2 amide bonds. The molecule has 5 N–H and O–H groups in total. The van der Waals surface area contributed by atoms with Crippen LogP contribution in [0.4, 0.5) is 5.69 Å². The number of amides is 2. The number of nitrogens with zero attached hydrogens (tertiary/aromatic N) is 2. The third kappa shape index (κ3) is 4.59. The lowest BCUT2D eigenvalue weighted by Gasteiger charge is -2.32. The molecule has 188 valence electrons. The van der Waals surface area contributed by atoms with Gasteiger partial charge in [0.1, 0.15) is 0 Å². The van der Waals surface area contributed by atoms with Crippen molar-refractivity contribution >= 4 is 23.3 Å². The first-order chi connectivity index (χ1) is 16.4. The fourth-order valence-electron chi connectivity index (χ4n) is 5.62. The molecule has 2 bridgehead atoms. The van der Waals surface area contributed by atoms with Gasteiger partial charge in [-0.15, -0.1) is 0 Å². The lowest BCUT2D eigenvalue weighted by molar-refractivity contribution is -0.134. The molecule has 8 nitrogen and oxygen atoms in total. The normalized spacial score (nSPS) is 20.6. The first-order valence-electron chi connectivity index (χ1n) is 12.4. The highest BCUT2D eigenvalue weighted by atomic mass is 16.2. The Kier molecular flexibility index (Phi) is 6.53. The average molecular weight is 480 g/mol. The van der Waals surface area contributed by atoms with Gasteiger partial charge in [0.2, 0.25) is 5.91 Å². The molecule has 2 aromatic rings. The van der Waals surface area contributed by atoms with Crippen LogP contribution >= 0.6 is 0 Å². The molecule has 35 heavy (non-hydrogen) atoms. The minimum Gasteiger partial charge on any atom is -0.382 e. The number of fused-ring (bicyclic) bond motifs is 6. The van der Waals surface area contributed by atoms with Crippen molar-refractivity contribution in [2.45, 2.75) is 72.4 Å². The first-order valence-corrected chi connectivity index (χ1v) is 12.4. The lowest BCUT2D eigenvalue weighted by Crippen LogP contribution is -2.49. The fraction of sp³-hybridized carbons (Fsp3) is 0.519. The molecule has 2 atom stereocenters. The molecule has 2 aliphatic rings. The minimum absolute atomic E-state index is 0.108. The number of benzene rings is 1. The Morgan fingerprint density at radius 3 is 2.57 bits per heavy atom. The van der Waals surface area contributed by atoms with Crippen LogP contribution in [-0.2, 0) is 17.6 Å². The van der Waals surface area contributed by atoms with E-state index in [0.29, 0.717) is 37.2 Å². The summed E-state index contributed by atoms with van der Waals surface area (Å²) < 4.78 is 2.20. The molecule has 4 rings (SSSR count). The first kappa shape index (κ1) is 25.0. The minimum atomic E-state index is -0.604. The summed E-state index contributed by atoms with van der Waals surface area (Å²) >= 11 is 0. The smallest absolute Gasteiger partial charge is 0.250 e. The number of anilines is 1. The van der Waals surface area contributed by atoms with E-state index in [1.54, 1.807) is 13.0 Å². The number of hydrogen-bond acceptors (Lipinski definition) is 5. The number of primary amides is 1. The summed E-state index contributed by atoms with van der Waals surface area (Å²) in [6, 6.07) is 4.83. The second kappa shape index (κ2) is 9.15. The second-order valence-electron chi connectivity index (χ2n) is 10.9. The van der Waals surface area contributed by atoms with Crippen molar-refractivity contribution in [3.63, 3.8) is 0 Å². The zero-order valence-corrected chi connectivity index (χ0v) is 21.4. The Hall–Kier alpha value is -3.13. The largest absolute Gasteiger partial charge is 0.382 e. The highest BCUT2D eigenvalue weighted by molar-refractivity contribution is 6.01. The van der Waals surface area contributed by atoms with Crippen molar-refractivity contribution in [3.8, 4) is 5.69 Å². The van der Waals surface area contributed by atoms with Gasteiger partial charge >= 0.3 is 0 Å². The summed E-state index contributed by atoms with van der Waals surface area (Å²) in [5.41, 5.74) is 17.3. The van der Waals surface area contributed by atoms with E-state index in [1.165, 1.54) is 0 Å². The number of carbonyl (C=O) groups is 3. The number of nitrogens with one attached hydrogen (secondary N) is 1. The van der Waals surface area contributed by atoms with Gasteiger partial charge < -0.3 is 26.3 Å². The van der Waals surface area contributed by atoms with Crippen molar-refractivity contribution in [2.24, 2.45) is 16.9 Å². The fourth-order valence-corrected chi connectivity index (χ4v) is 5.62. The molecule has 2 heterocycles. The number of aromatic nitrogens is 1. The second-order valence-corrected chi connectivity index (χ2v) is 10.9.